The van der Waals surface area contributed by atoms with Crippen LogP contribution in [0.25, 0.3) is 0 Å². The molecule has 102 valence electrons. The average Bonchev–Trinajstić information content (AvgIpc) is 3.03. The Labute approximate surface area is 113 Å². The predicted octanol–water partition coefficient (Wildman–Crippen LogP) is 2.06. The number of sulfone groups is 1. The summed E-state index contributed by atoms with van der Waals surface area (Å²) in [7, 11) is -1.14. The molecule has 0 bridgehead atoms. The summed E-state index contributed by atoms with van der Waals surface area (Å²) in [5.74, 6) is 0.652. The summed E-state index contributed by atoms with van der Waals surface area (Å²) in [6.07, 6.45) is 2.38. The molecule has 1 aliphatic rings. The largest absolute Gasteiger partial charge is 0.315 e. The lowest BCUT2D eigenvalue weighted by Crippen LogP contribution is -2.15. The molecule has 0 saturated heterocycles. The van der Waals surface area contributed by atoms with Crippen molar-refractivity contribution in [3.05, 3.63) is 15.6 Å². The van der Waals surface area contributed by atoms with Crippen LogP contribution in [0.1, 0.15) is 48.2 Å². The quantitative estimate of drug-likeness (QED) is 0.870. The van der Waals surface area contributed by atoms with Gasteiger partial charge in [0, 0.05) is 17.3 Å². The van der Waals surface area contributed by atoms with Gasteiger partial charge in [-0.2, -0.15) is 0 Å². The van der Waals surface area contributed by atoms with E-state index in [-0.39, 0.29) is 11.0 Å². The van der Waals surface area contributed by atoms with Crippen LogP contribution < -0.4 is 5.32 Å². The van der Waals surface area contributed by atoms with Gasteiger partial charge in [-0.25, -0.2) is 13.4 Å². The number of hydrogen-bond acceptors (Lipinski definition) is 5. The summed E-state index contributed by atoms with van der Waals surface area (Å²) in [6, 6.07) is 0. The standard InChI is InChI=1S/C12H20N2O2S2/c1-8(2)18(15,16)7-11-14-12(9-4-5-9)10(17-11)6-13-3/h8-9,13H,4-7H2,1-3H3. The summed E-state index contributed by atoms with van der Waals surface area (Å²) >= 11 is 1.54. The van der Waals surface area contributed by atoms with Crippen molar-refractivity contribution < 1.29 is 8.42 Å². The van der Waals surface area contributed by atoms with Crippen molar-refractivity contribution in [1.82, 2.24) is 10.3 Å². The van der Waals surface area contributed by atoms with Crippen molar-refractivity contribution in [3.63, 3.8) is 0 Å². The zero-order valence-electron chi connectivity index (χ0n) is 11.1. The van der Waals surface area contributed by atoms with Gasteiger partial charge < -0.3 is 5.32 Å². The van der Waals surface area contributed by atoms with Crippen LogP contribution in [0.2, 0.25) is 0 Å². The molecule has 6 heteroatoms. The van der Waals surface area contributed by atoms with Gasteiger partial charge >= 0.3 is 0 Å². The van der Waals surface area contributed by atoms with Gasteiger partial charge in [-0.3, -0.25) is 0 Å². The van der Waals surface area contributed by atoms with E-state index < -0.39 is 9.84 Å². The highest BCUT2D eigenvalue weighted by atomic mass is 32.2. The molecule has 1 fully saturated rings. The second-order valence-corrected chi connectivity index (χ2v) is 8.80. The van der Waals surface area contributed by atoms with Gasteiger partial charge in [0.25, 0.3) is 0 Å². The maximum absolute atomic E-state index is 11.9. The van der Waals surface area contributed by atoms with Crippen molar-refractivity contribution in [2.45, 2.75) is 50.2 Å². The van der Waals surface area contributed by atoms with Crippen molar-refractivity contribution in [2.75, 3.05) is 7.05 Å². The second kappa shape index (κ2) is 5.27. The highest BCUT2D eigenvalue weighted by Gasteiger charge is 2.30. The summed E-state index contributed by atoms with van der Waals surface area (Å²) in [5, 5.41) is 3.54. The van der Waals surface area contributed by atoms with E-state index in [0.717, 1.165) is 17.2 Å². The smallest absolute Gasteiger partial charge is 0.159 e. The zero-order valence-corrected chi connectivity index (χ0v) is 12.7. The van der Waals surface area contributed by atoms with Gasteiger partial charge in [-0.15, -0.1) is 11.3 Å². The zero-order chi connectivity index (χ0) is 13.3. The summed E-state index contributed by atoms with van der Waals surface area (Å²) in [4.78, 5) is 5.76. The minimum atomic E-state index is -3.05. The molecule has 1 saturated carbocycles. The molecule has 0 amide bonds. The van der Waals surface area contributed by atoms with E-state index in [1.165, 1.54) is 17.7 Å². The number of rotatable bonds is 6. The van der Waals surface area contributed by atoms with Crippen LogP contribution in [-0.4, -0.2) is 25.7 Å². The van der Waals surface area contributed by atoms with Crippen LogP contribution >= 0.6 is 11.3 Å². The van der Waals surface area contributed by atoms with Crippen LogP contribution in [0.4, 0.5) is 0 Å². The highest BCUT2D eigenvalue weighted by Crippen LogP contribution is 2.42. The van der Waals surface area contributed by atoms with Crippen molar-refractivity contribution in [3.8, 4) is 0 Å². The first-order chi connectivity index (χ1) is 8.44. The third-order valence-corrected chi connectivity index (χ3v) is 6.48. The molecule has 0 atom stereocenters. The molecule has 18 heavy (non-hydrogen) atoms. The lowest BCUT2D eigenvalue weighted by Gasteiger charge is -2.04. The number of hydrogen-bond donors (Lipinski definition) is 1. The Morgan fingerprint density at radius 3 is 2.61 bits per heavy atom. The Bertz CT molecular complexity index is 516. The maximum atomic E-state index is 11.9. The van der Waals surface area contributed by atoms with Crippen molar-refractivity contribution in [1.29, 1.82) is 0 Å². The fourth-order valence-electron chi connectivity index (χ4n) is 1.78. The molecule has 4 nitrogen and oxygen atoms in total. The fourth-order valence-corrected chi connectivity index (χ4v) is 4.21. The van der Waals surface area contributed by atoms with Crippen molar-refractivity contribution >= 4 is 21.2 Å². The molecule has 0 radical (unpaired) electrons. The van der Waals surface area contributed by atoms with E-state index in [1.807, 2.05) is 7.05 Å². The van der Waals surface area contributed by atoms with E-state index in [0.29, 0.717) is 5.92 Å². The fraction of sp³-hybridized carbons (Fsp3) is 0.750. The van der Waals surface area contributed by atoms with Crippen molar-refractivity contribution in [2.24, 2.45) is 0 Å². The Kier molecular flexibility index (Phi) is 4.08. The minimum Gasteiger partial charge on any atom is -0.315 e. The SMILES string of the molecule is CNCc1sc(CS(=O)(=O)C(C)C)nc1C1CC1. The van der Waals surface area contributed by atoms with Gasteiger partial charge in [0.1, 0.15) is 10.8 Å². The first kappa shape index (κ1) is 14.0. The van der Waals surface area contributed by atoms with E-state index in [9.17, 15) is 8.42 Å². The lowest BCUT2D eigenvalue weighted by atomic mass is 10.2. The van der Waals surface area contributed by atoms with Crippen LogP contribution in [0.15, 0.2) is 0 Å². The molecular formula is C12H20N2O2S2. The van der Waals surface area contributed by atoms with E-state index in [1.54, 1.807) is 25.2 Å². The molecule has 1 heterocycles. The molecule has 1 N–H and O–H groups in total. The van der Waals surface area contributed by atoms with Crippen LogP contribution in [0.5, 0.6) is 0 Å². The topological polar surface area (TPSA) is 59.1 Å². The average molecular weight is 288 g/mol. The molecule has 0 aromatic carbocycles. The second-order valence-electron chi connectivity index (χ2n) is 5.08. The predicted molar refractivity (Wildman–Crippen MR) is 74.6 cm³/mol. The molecule has 0 spiro atoms. The van der Waals surface area contributed by atoms with Crippen LogP contribution in [-0.2, 0) is 22.1 Å². The van der Waals surface area contributed by atoms with Gasteiger partial charge in [0.2, 0.25) is 0 Å². The molecule has 2 rings (SSSR count). The molecule has 1 aliphatic carbocycles. The first-order valence-electron chi connectivity index (χ1n) is 6.28. The van der Waals surface area contributed by atoms with Crippen LogP contribution in [0, 0.1) is 0 Å². The van der Waals surface area contributed by atoms with Gasteiger partial charge in [0.15, 0.2) is 9.84 Å². The van der Waals surface area contributed by atoms with E-state index in [2.05, 4.69) is 10.3 Å². The molecular weight excluding hydrogens is 268 g/mol. The summed E-state index contributed by atoms with van der Waals surface area (Å²) in [6.45, 7) is 4.23. The van der Waals surface area contributed by atoms with Gasteiger partial charge in [-0.1, -0.05) is 0 Å². The monoisotopic (exact) mass is 288 g/mol. The van der Waals surface area contributed by atoms with Crippen LogP contribution in [0.3, 0.4) is 0 Å². The highest BCUT2D eigenvalue weighted by molar-refractivity contribution is 7.91. The first-order valence-corrected chi connectivity index (χ1v) is 8.82. The third kappa shape index (κ3) is 3.10. The maximum Gasteiger partial charge on any atom is 0.159 e. The minimum absolute atomic E-state index is 0.0821. The number of nitrogens with zero attached hydrogens (tertiary/aromatic N) is 1. The number of aromatic nitrogens is 1. The Hall–Kier alpha value is -0.460. The number of nitrogens with one attached hydrogen (secondary N) is 1. The molecule has 1 aromatic rings. The normalized spacial score (nSPS) is 16.4. The molecule has 0 aliphatic heterocycles. The Balaban J connectivity index is 2.21. The Morgan fingerprint density at radius 2 is 2.11 bits per heavy atom. The molecule has 0 unspecified atom stereocenters. The third-order valence-electron chi connectivity index (χ3n) is 3.12. The lowest BCUT2D eigenvalue weighted by molar-refractivity contribution is 0.586. The van der Waals surface area contributed by atoms with Gasteiger partial charge in [0.05, 0.1) is 10.9 Å². The molecule has 1 aromatic heterocycles. The summed E-state index contributed by atoms with van der Waals surface area (Å²) < 4.78 is 23.8. The van der Waals surface area contributed by atoms with Gasteiger partial charge in [-0.05, 0) is 33.7 Å². The number of thiazole rings is 1. The summed E-state index contributed by atoms with van der Waals surface area (Å²) in [5.41, 5.74) is 1.13. The van der Waals surface area contributed by atoms with E-state index >= 15 is 0 Å². The Morgan fingerprint density at radius 1 is 1.44 bits per heavy atom. The van der Waals surface area contributed by atoms with E-state index in [4.69, 9.17) is 0 Å².